The van der Waals surface area contributed by atoms with Crippen molar-refractivity contribution in [2.45, 2.75) is 27.1 Å². The Morgan fingerprint density at radius 3 is 2.64 bits per heavy atom. The van der Waals surface area contributed by atoms with Crippen LogP contribution in [0.4, 0.5) is 0 Å². The predicted molar refractivity (Wildman–Crippen MR) is 98.9 cm³/mol. The molecule has 142 valence electrons. The first-order chi connectivity index (χ1) is 13.6. The third-order valence-electron chi connectivity index (χ3n) is 4.11. The number of aromatic nitrogens is 4. The summed E-state index contributed by atoms with van der Waals surface area (Å²) in [7, 11) is 0. The molecule has 0 aliphatic rings. The van der Waals surface area contributed by atoms with Crippen LogP contribution in [0.2, 0.25) is 0 Å². The summed E-state index contributed by atoms with van der Waals surface area (Å²) < 4.78 is 17.7. The summed E-state index contributed by atoms with van der Waals surface area (Å²) in [6.45, 7) is 4.00. The lowest BCUT2D eigenvalue weighted by molar-refractivity contribution is 0.0468. The highest BCUT2D eigenvalue weighted by atomic mass is 16.5. The Labute approximate surface area is 160 Å². The van der Waals surface area contributed by atoms with Crippen molar-refractivity contribution in [3.8, 4) is 5.75 Å². The Bertz CT molecular complexity index is 1110. The molecular weight excluding hydrogens is 360 g/mol. The normalized spacial score (nSPS) is 10.9. The van der Waals surface area contributed by atoms with Crippen LogP contribution in [0.25, 0.3) is 5.65 Å². The number of ether oxygens (including phenoxy) is 2. The van der Waals surface area contributed by atoms with Gasteiger partial charge < -0.3 is 18.4 Å². The molecule has 0 unspecified atom stereocenters. The summed E-state index contributed by atoms with van der Waals surface area (Å²) in [5.41, 5.74) is 3.04. The fourth-order valence-corrected chi connectivity index (χ4v) is 2.73. The average molecular weight is 378 g/mol. The quantitative estimate of drug-likeness (QED) is 0.476. The molecule has 0 bridgehead atoms. The van der Waals surface area contributed by atoms with Gasteiger partial charge in [-0.3, -0.25) is 0 Å². The number of hydrogen-bond donors (Lipinski definition) is 0. The van der Waals surface area contributed by atoms with Gasteiger partial charge in [0.25, 0.3) is 0 Å². The molecule has 0 aliphatic heterocycles. The van der Waals surface area contributed by atoms with E-state index in [1.807, 2.05) is 35.9 Å². The third kappa shape index (κ3) is 3.85. The van der Waals surface area contributed by atoms with E-state index in [1.54, 1.807) is 31.2 Å². The molecule has 0 N–H and O–H groups in total. The smallest absolute Gasteiger partial charge is 0.338 e. The van der Waals surface area contributed by atoms with Gasteiger partial charge in [-0.1, -0.05) is 11.2 Å². The highest BCUT2D eigenvalue weighted by Crippen LogP contribution is 2.15. The van der Waals surface area contributed by atoms with Crippen LogP contribution in [0.5, 0.6) is 5.75 Å². The van der Waals surface area contributed by atoms with Gasteiger partial charge in [-0.05, 0) is 42.8 Å². The Kier molecular flexibility index (Phi) is 4.76. The molecule has 0 spiro atoms. The zero-order valence-corrected chi connectivity index (χ0v) is 15.5. The molecule has 0 aliphatic carbocycles. The lowest BCUT2D eigenvalue weighted by atomic mass is 10.2. The largest absolute Gasteiger partial charge is 0.485 e. The van der Waals surface area contributed by atoms with Crippen molar-refractivity contribution < 1.29 is 18.8 Å². The molecular formula is C20H18N4O4. The summed E-state index contributed by atoms with van der Waals surface area (Å²) in [5.74, 6) is 1.12. The fourth-order valence-electron chi connectivity index (χ4n) is 2.73. The third-order valence-corrected chi connectivity index (χ3v) is 4.11. The number of carbonyl (C=O) groups is 1. The van der Waals surface area contributed by atoms with Crippen LogP contribution in [-0.4, -0.2) is 25.5 Å². The number of benzene rings is 1. The van der Waals surface area contributed by atoms with Crippen molar-refractivity contribution in [3.63, 3.8) is 0 Å². The van der Waals surface area contributed by atoms with Crippen molar-refractivity contribution in [1.82, 2.24) is 19.5 Å². The fraction of sp³-hybridized carbons (Fsp3) is 0.200. The molecule has 3 aromatic heterocycles. The van der Waals surface area contributed by atoms with Crippen LogP contribution in [0.1, 0.15) is 33.3 Å². The van der Waals surface area contributed by atoms with E-state index in [1.165, 1.54) is 0 Å². The minimum absolute atomic E-state index is 0.107. The van der Waals surface area contributed by atoms with Gasteiger partial charge >= 0.3 is 5.97 Å². The summed E-state index contributed by atoms with van der Waals surface area (Å²) in [6, 6.07) is 10.6. The number of rotatable bonds is 6. The highest BCUT2D eigenvalue weighted by molar-refractivity contribution is 5.89. The maximum absolute atomic E-state index is 12.3. The SMILES string of the molecule is Cc1nc(COc2ccc(C(=O)OCc3cn4cccc(C)c4n3)cc2)no1. The second kappa shape index (κ2) is 7.51. The molecule has 4 rings (SSSR count). The van der Waals surface area contributed by atoms with Crippen LogP contribution in [0.3, 0.4) is 0 Å². The van der Waals surface area contributed by atoms with Crippen LogP contribution in [0.15, 0.2) is 53.3 Å². The van der Waals surface area contributed by atoms with Crippen molar-refractivity contribution in [2.75, 3.05) is 0 Å². The molecule has 3 heterocycles. The Hall–Kier alpha value is -3.68. The summed E-state index contributed by atoms with van der Waals surface area (Å²) in [6.07, 6.45) is 3.77. The molecule has 28 heavy (non-hydrogen) atoms. The Morgan fingerprint density at radius 1 is 1.11 bits per heavy atom. The first kappa shape index (κ1) is 17.7. The average Bonchev–Trinajstić information content (AvgIpc) is 3.31. The van der Waals surface area contributed by atoms with E-state index >= 15 is 0 Å². The van der Waals surface area contributed by atoms with Gasteiger partial charge in [-0.25, -0.2) is 9.78 Å². The zero-order chi connectivity index (χ0) is 19.5. The van der Waals surface area contributed by atoms with E-state index in [9.17, 15) is 4.79 Å². The van der Waals surface area contributed by atoms with Gasteiger partial charge in [0.05, 0.1) is 11.3 Å². The Morgan fingerprint density at radius 2 is 1.93 bits per heavy atom. The van der Waals surface area contributed by atoms with Crippen LogP contribution < -0.4 is 4.74 Å². The standard InChI is InChI=1S/C20H18N4O4/c1-13-4-3-9-24-10-16(22-19(13)24)11-27-20(25)15-5-7-17(8-6-15)26-12-18-21-14(2)28-23-18/h3-10H,11-12H2,1-2H3. The lowest BCUT2D eigenvalue weighted by Crippen LogP contribution is -2.05. The molecule has 0 amide bonds. The van der Waals surface area contributed by atoms with E-state index < -0.39 is 5.97 Å². The number of imidazole rings is 1. The number of nitrogens with zero attached hydrogens (tertiary/aromatic N) is 4. The molecule has 0 fully saturated rings. The summed E-state index contributed by atoms with van der Waals surface area (Å²) in [4.78, 5) is 20.8. The Balaban J connectivity index is 1.34. The molecule has 1 aromatic carbocycles. The number of hydrogen-bond acceptors (Lipinski definition) is 7. The number of pyridine rings is 1. The van der Waals surface area contributed by atoms with Crippen LogP contribution >= 0.6 is 0 Å². The predicted octanol–water partition coefficient (Wildman–Crippen LogP) is 3.27. The second-order valence-corrected chi connectivity index (χ2v) is 6.27. The van der Waals surface area contributed by atoms with Crippen LogP contribution in [0, 0.1) is 13.8 Å². The maximum atomic E-state index is 12.3. The first-order valence-electron chi connectivity index (χ1n) is 8.71. The van der Waals surface area contributed by atoms with Crippen molar-refractivity contribution in [2.24, 2.45) is 0 Å². The monoisotopic (exact) mass is 378 g/mol. The minimum atomic E-state index is -0.422. The van der Waals surface area contributed by atoms with Crippen molar-refractivity contribution >= 4 is 11.6 Å². The number of fused-ring (bicyclic) bond motifs is 1. The molecule has 8 heteroatoms. The van der Waals surface area contributed by atoms with E-state index in [0.717, 1.165) is 11.2 Å². The van der Waals surface area contributed by atoms with Crippen molar-refractivity contribution in [3.05, 3.63) is 77.3 Å². The van der Waals surface area contributed by atoms with Gasteiger partial charge in [0.15, 0.2) is 6.61 Å². The topological polar surface area (TPSA) is 91.8 Å². The van der Waals surface area contributed by atoms with Gasteiger partial charge in [-0.2, -0.15) is 4.98 Å². The molecule has 0 saturated carbocycles. The van der Waals surface area contributed by atoms with Gasteiger partial charge in [0.1, 0.15) is 18.0 Å². The van der Waals surface area contributed by atoms with E-state index in [0.29, 0.717) is 28.7 Å². The number of esters is 1. The minimum Gasteiger partial charge on any atom is -0.485 e. The molecule has 8 nitrogen and oxygen atoms in total. The van der Waals surface area contributed by atoms with Gasteiger partial charge in [0.2, 0.25) is 11.7 Å². The first-order valence-corrected chi connectivity index (χ1v) is 8.71. The van der Waals surface area contributed by atoms with E-state index in [-0.39, 0.29) is 13.2 Å². The highest BCUT2D eigenvalue weighted by Gasteiger charge is 2.11. The second-order valence-electron chi connectivity index (χ2n) is 6.27. The zero-order valence-electron chi connectivity index (χ0n) is 15.5. The lowest BCUT2D eigenvalue weighted by Gasteiger charge is -2.05. The van der Waals surface area contributed by atoms with Crippen molar-refractivity contribution in [1.29, 1.82) is 0 Å². The molecule has 0 radical (unpaired) electrons. The van der Waals surface area contributed by atoms with Gasteiger partial charge in [-0.15, -0.1) is 0 Å². The molecule has 0 saturated heterocycles. The molecule has 0 atom stereocenters. The molecule has 4 aromatic rings. The number of carbonyl (C=O) groups excluding carboxylic acids is 1. The van der Waals surface area contributed by atoms with E-state index in [2.05, 4.69) is 15.1 Å². The summed E-state index contributed by atoms with van der Waals surface area (Å²) in [5, 5.41) is 3.76. The van der Waals surface area contributed by atoms with E-state index in [4.69, 9.17) is 14.0 Å². The summed E-state index contributed by atoms with van der Waals surface area (Å²) >= 11 is 0. The van der Waals surface area contributed by atoms with Crippen LogP contribution in [-0.2, 0) is 18.0 Å². The maximum Gasteiger partial charge on any atom is 0.338 e. The van der Waals surface area contributed by atoms with Gasteiger partial charge in [0, 0.05) is 19.3 Å². The number of aryl methyl sites for hydroxylation is 2.